The van der Waals surface area contributed by atoms with Crippen LogP contribution in [-0.2, 0) is 9.53 Å². The van der Waals surface area contributed by atoms with E-state index in [0.29, 0.717) is 17.2 Å². The molecular weight excluding hydrogens is 480 g/mol. The molecule has 0 fully saturated rings. The predicted molar refractivity (Wildman–Crippen MR) is 126 cm³/mol. The minimum Gasteiger partial charge on any atom is -0.497 e. The number of halogens is 1. The van der Waals surface area contributed by atoms with Gasteiger partial charge in [0.1, 0.15) is 16.5 Å². The smallest absolute Gasteiger partial charge is 0.339 e. The highest BCUT2D eigenvalue weighted by Crippen LogP contribution is 2.29. The molecule has 10 nitrogen and oxygen atoms in total. The van der Waals surface area contributed by atoms with Crippen LogP contribution in [0.2, 0.25) is 5.02 Å². The summed E-state index contributed by atoms with van der Waals surface area (Å²) in [5.41, 5.74) is -0.292. The van der Waals surface area contributed by atoms with Crippen LogP contribution < -0.4 is 14.8 Å². The van der Waals surface area contributed by atoms with Crippen LogP contribution in [-0.4, -0.2) is 43.4 Å². The molecule has 0 spiro atoms. The highest BCUT2D eigenvalue weighted by molar-refractivity contribution is 6.33. The van der Waals surface area contributed by atoms with Gasteiger partial charge in [0.25, 0.3) is 11.6 Å². The summed E-state index contributed by atoms with van der Waals surface area (Å²) in [7, 11) is 2.91. The molecule has 0 unspecified atom stereocenters. The van der Waals surface area contributed by atoms with Gasteiger partial charge >= 0.3 is 5.97 Å². The number of hydrogen-bond donors (Lipinski definition) is 1. The number of esters is 1. The Balaban J connectivity index is 1.74. The summed E-state index contributed by atoms with van der Waals surface area (Å²) >= 11 is 5.81. The fraction of sp³-hybridized carbons (Fsp3) is 0.125. The van der Waals surface area contributed by atoms with E-state index in [9.17, 15) is 24.5 Å². The highest BCUT2D eigenvalue weighted by atomic mass is 35.5. The van der Waals surface area contributed by atoms with Gasteiger partial charge in [0.2, 0.25) is 0 Å². The van der Waals surface area contributed by atoms with Crippen LogP contribution in [0, 0.1) is 10.1 Å². The first-order chi connectivity index (χ1) is 16.7. The molecule has 0 saturated carbocycles. The molecule has 0 heterocycles. The van der Waals surface area contributed by atoms with Crippen molar-refractivity contribution < 1.29 is 33.5 Å². The number of ketones is 1. The Bertz CT molecular complexity index is 1310. The summed E-state index contributed by atoms with van der Waals surface area (Å²) in [6.45, 7) is -0.636. The molecule has 0 aliphatic heterocycles. The fourth-order valence-corrected chi connectivity index (χ4v) is 3.29. The molecule has 1 N–H and O–H groups in total. The third-order valence-electron chi connectivity index (χ3n) is 4.81. The van der Waals surface area contributed by atoms with Gasteiger partial charge in [0.15, 0.2) is 12.4 Å². The van der Waals surface area contributed by atoms with Crippen molar-refractivity contribution in [2.45, 2.75) is 0 Å². The van der Waals surface area contributed by atoms with Crippen LogP contribution in [0.1, 0.15) is 26.3 Å². The third kappa shape index (κ3) is 5.92. The number of hydrogen-bond acceptors (Lipinski definition) is 8. The lowest BCUT2D eigenvalue weighted by atomic mass is 9.98. The van der Waals surface area contributed by atoms with Gasteiger partial charge in [-0.2, -0.15) is 0 Å². The molecule has 3 rings (SSSR count). The van der Waals surface area contributed by atoms with Crippen molar-refractivity contribution in [1.29, 1.82) is 0 Å². The summed E-state index contributed by atoms with van der Waals surface area (Å²) in [6.07, 6.45) is 0. The van der Waals surface area contributed by atoms with E-state index in [4.69, 9.17) is 25.8 Å². The normalized spacial score (nSPS) is 10.3. The minimum atomic E-state index is -0.922. The molecule has 0 bridgehead atoms. The van der Waals surface area contributed by atoms with E-state index < -0.39 is 34.9 Å². The maximum absolute atomic E-state index is 13.0. The number of benzene rings is 3. The minimum absolute atomic E-state index is 0.0364. The van der Waals surface area contributed by atoms with Crippen LogP contribution in [0.4, 0.5) is 11.4 Å². The number of carbonyl (C=O) groups excluding carboxylic acids is 3. The zero-order chi connectivity index (χ0) is 25.5. The number of nitrogens with zero attached hydrogens (tertiary/aromatic N) is 1. The topological polar surface area (TPSA) is 134 Å². The molecule has 0 aliphatic carbocycles. The molecule has 0 aliphatic rings. The van der Waals surface area contributed by atoms with E-state index in [2.05, 4.69) is 5.32 Å². The zero-order valence-corrected chi connectivity index (χ0v) is 19.3. The standard InChI is InChI=1S/C24H19ClN2O8/c1-33-15-8-10-19(21(12-15)34-2)26-22(28)13-35-24(30)17-6-4-3-5-16(17)23(29)14-7-9-18(25)20(11-14)27(31)32/h3-12H,13H2,1-2H3,(H,26,28). The largest absolute Gasteiger partial charge is 0.497 e. The second-order valence-corrected chi connectivity index (χ2v) is 7.40. The molecule has 0 aromatic heterocycles. The number of amides is 1. The van der Waals surface area contributed by atoms with Crippen molar-refractivity contribution in [1.82, 2.24) is 0 Å². The van der Waals surface area contributed by atoms with Crippen molar-refractivity contribution in [2.75, 3.05) is 26.1 Å². The third-order valence-corrected chi connectivity index (χ3v) is 5.13. The summed E-state index contributed by atoms with van der Waals surface area (Å²) in [4.78, 5) is 48.4. The lowest BCUT2D eigenvalue weighted by Crippen LogP contribution is -2.22. The first kappa shape index (κ1) is 25.2. The fourth-order valence-electron chi connectivity index (χ4n) is 3.11. The van der Waals surface area contributed by atoms with Gasteiger partial charge in [0.05, 0.1) is 30.4 Å². The van der Waals surface area contributed by atoms with Crippen LogP contribution >= 0.6 is 11.6 Å². The van der Waals surface area contributed by atoms with Crippen LogP contribution in [0.15, 0.2) is 60.7 Å². The Hall–Kier alpha value is -4.44. The number of ether oxygens (including phenoxy) is 3. The molecule has 180 valence electrons. The molecule has 11 heteroatoms. The second kappa shape index (κ2) is 11.1. The first-order valence-corrected chi connectivity index (χ1v) is 10.4. The average molecular weight is 499 g/mol. The monoisotopic (exact) mass is 498 g/mol. The lowest BCUT2D eigenvalue weighted by molar-refractivity contribution is -0.384. The van der Waals surface area contributed by atoms with Gasteiger partial charge in [-0.05, 0) is 30.3 Å². The number of anilines is 1. The summed E-state index contributed by atoms with van der Waals surface area (Å²) in [6, 6.07) is 14.1. The molecule has 0 radical (unpaired) electrons. The van der Waals surface area contributed by atoms with Crippen molar-refractivity contribution in [3.63, 3.8) is 0 Å². The maximum Gasteiger partial charge on any atom is 0.339 e. The van der Waals surface area contributed by atoms with Crippen LogP contribution in [0.5, 0.6) is 11.5 Å². The molecule has 0 atom stereocenters. The quantitative estimate of drug-likeness (QED) is 0.200. The number of carbonyl (C=O) groups is 3. The van der Waals surface area contributed by atoms with Gasteiger partial charge in [-0.3, -0.25) is 19.7 Å². The molecule has 35 heavy (non-hydrogen) atoms. The summed E-state index contributed by atoms with van der Waals surface area (Å²) < 4.78 is 15.4. The highest BCUT2D eigenvalue weighted by Gasteiger charge is 2.23. The number of nitro groups is 1. The summed E-state index contributed by atoms with van der Waals surface area (Å²) in [5.74, 6) is -1.34. The molecule has 1 amide bonds. The molecule has 0 saturated heterocycles. The van der Waals surface area contributed by atoms with E-state index in [-0.39, 0.29) is 21.7 Å². The number of rotatable bonds is 9. The van der Waals surface area contributed by atoms with Crippen molar-refractivity contribution in [3.05, 3.63) is 92.5 Å². The Morgan fingerprint density at radius 1 is 0.971 bits per heavy atom. The number of nitro benzene ring substituents is 1. The van der Waals surface area contributed by atoms with Crippen molar-refractivity contribution in [3.8, 4) is 11.5 Å². The number of nitrogens with one attached hydrogen (secondary N) is 1. The van der Waals surface area contributed by atoms with Crippen molar-refractivity contribution in [2.24, 2.45) is 0 Å². The molecule has 3 aromatic carbocycles. The Kier molecular flexibility index (Phi) is 8.00. The zero-order valence-electron chi connectivity index (χ0n) is 18.6. The Labute approximate surface area is 204 Å². The van der Waals surface area contributed by atoms with Crippen LogP contribution in [0.3, 0.4) is 0 Å². The summed E-state index contributed by atoms with van der Waals surface area (Å²) in [5, 5.41) is 13.6. The Morgan fingerprint density at radius 2 is 1.69 bits per heavy atom. The van der Waals surface area contributed by atoms with E-state index in [1.807, 2.05) is 0 Å². The predicted octanol–water partition coefficient (Wildman–Crippen LogP) is 4.29. The molecule has 3 aromatic rings. The van der Waals surface area contributed by atoms with Gasteiger partial charge in [-0.15, -0.1) is 0 Å². The van der Waals surface area contributed by atoms with Crippen molar-refractivity contribution >= 4 is 40.6 Å². The van der Waals surface area contributed by atoms with E-state index in [1.165, 1.54) is 50.6 Å². The van der Waals surface area contributed by atoms with Gasteiger partial charge in [-0.25, -0.2) is 4.79 Å². The number of methoxy groups -OCH3 is 2. The first-order valence-electron chi connectivity index (χ1n) is 10.0. The maximum atomic E-state index is 13.0. The van der Waals surface area contributed by atoms with Gasteiger partial charge in [-0.1, -0.05) is 29.8 Å². The van der Waals surface area contributed by atoms with E-state index in [0.717, 1.165) is 6.07 Å². The average Bonchev–Trinajstić information content (AvgIpc) is 2.87. The van der Waals surface area contributed by atoms with E-state index in [1.54, 1.807) is 18.2 Å². The van der Waals surface area contributed by atoms with E-state index >= 15 is 0 Å². The van der Waals surface area contributed by atoms with Crippen LogP contribution in [0.25, 0.3) is 0 Å². The lowest BCUT2D eigenvalue weighted by Gasteiger charge is -2.12. The SMILES string of the molecule is COc1ccc(NC(=O)COC(=O)c2ccccc2C(=O)c2ccc(Cl)c([N+](=O)[O-])c2)c(OC)c1. The van der Waals surface area contributed by atoms with Gasteiger partial charge < -0.3 is 19.5 Å². The molecular formula is C24H19ClN2O8. The Morgan fingerprint density at radius 3 is 2.34 bits per heavy atom. The van der Waals surface area contributed by atoms with Gasteiger partial charge in [0, 0.05) is 23.3 Å². The second-order valence-electron chi connectivity index (χ2n) is 6.99.